The summed E-state index contributed by atoms with van der Waals surface area (Å²) in [6.45, 7) is 7.52. The molecule has 2 N–H and O–H groups in total. The number of hydrogen-bond acceptors (Lipinski definition) is 3. The molecule has 106 valence electrons. The van der Waals surface area contributed by atoms with Crippen molar-refractivity contribution in [1.29, 1.82) is 0 Å². The zero-order valence-corrected chi connectivity index (χ0v) is 12.3. The Morgan fingerprint density at radius 1 is 1.15 bits per heavy atom. The van der Waals surface area contributed by atoms with Gasteiger partial charge in [-0.1, -0.05) is 0 Å². The van der Waals surface area contributed by atoms with Gasteiger partial charge in [-0.3, -0.25) is 4.79 Å². The van der Waals surface area contributed by atoms with Crippen molar-refractivity contribution < 1.29 is 9.21 Å². The van der Waals surface area contributed by atoms with Crippen LogP contribution in [0, 0.1) is 13.8 Å². The van der Waals surface area contributed by atoms with E-state index in [4.69, 9.17) is 4.42 Å². The van der Waals surface area contributed by atoms with Crippen LogP contribution in [0.25, 0.3) is 0 Å². The van der Waals surface area contributed by atoms with Crippen molar-refractivity contribution in [1.82, 2.24) is 0 Å². The van der Waals surface area contributed by atoms with Crippen LogP contribution in [0.1, 0.15) is 37.0 Å². The number of nitrogens with one attached hydrogen (secondary N) is 2. The second-order valence-corrected chi connectivity index (χ2v) is 4.99. The quantitative estimate of drug-likeness (QED) is 0.883. The van der Waals surface area contributed by atoms with Gasteiger partial charge in [0.15, 0.2) is 0 Å². The lowest BCUT2D eigenvalue weighted by atomic mass is 10.1. The minimum atomic E-state index is -0.0661. The van der Waals surface area contributed by atoms with Crippen LogP contribution in [0.15, 0.2) is 34.7 Å². The lowest BCUT2D eigenvalue weighted by Gasteiger charge is -2.15. The second-order valence-electron chi connectivity index (χ2n) is 4.99. The minimum Gasteiger partial charge on any atom is -0.466 e. The standard InChI is InChI=1S/C16H20N2O2/c1-10-9-16(12(3)20-10)11(2)17-14-5-7-15(8-6-14)18-13(4)19/h5-9,11,17H,1-4H3,(H,18,19). The molecular weight excluding hydrogens is 252 g/mol. The van der Waals surface area contributed by atoms with Gasteiger partial charge < -0.3 is 15.1 Å². The summed E-state index contributed by atoms with van der Waals surface area (Å²) in [7, 11) is 0. The third-order valence-electron chi connectivity index (χ3n) is 3.13. The minimum absolute atomic E-state index is 0.0661. The highest BCUT2D eigenvalue weighted by Crippen LogP contribution is 2.25. The molecule has 1 atom stereocenters. The van der Waals surface area contributed by atoms with Crippen molar-refractivity contribution in [2.24, 2.45) is 0 Å². The van der Waals surface area contributed by atoms with E-state index in [1.54, 1.807) is 0 Å². The third kappa shape index (κ3) is 3.41. The van der Waals surface area contributed by atoms with Gasteiger partial charge in [0.2, 0.25) is 5.91 Å². The number of amides is 1. The lowest BCUT2D eigenvalue weighted by molar-refractivity contribution is -0.114. The first kappa shape index (κ1) is 14.2. The van der Waals surface area contributed by atoms with Gasteiger partial charge >= 0.3 is 0 Å². The lowest BCUT2D eigenvalue weighted by Crippen LogP contribution is -2.08. The van der Waals surface area contributed by atoms with Crippen molar-refractivity contribution >= 4 is 17.3 Å². The number of carbonyl (C=O) groups is 1. The molecule has 1 aromatic heterocycles. The summed E-state index contributed by atoms with van der Waals surface area (Å²) in [5.41, 5.74) is 2.96. The van der Waals surface area contributed by atoms with E-state index in [1.165, 1.54) is 6.92 Å². The van der Waals surface area contributed by atoms with Gasteiger partial charge in [-0.05, 0) is 51.1 Å². The van der Waals surface area contributed by atoms with Crippen LogP contribution >= 0.6 is 0 Å². The fraction of sp³-hybridized carbons (Fsp3) is 0.312. The Kier molecular flexibility index (Phi) is 4.13. The summed E-state index contributed by atoms with van der Waals surface area (Å²) in [5.74, 6) is 1.80. The predicted octanol–water partition coefficient (Wildman–Crippen LogP) is 4.03. The van der Waals surface area contributed by atoms with Crippen LogP contribution in [0.2, 0.25) is 0 Å². The highest BCUT2D eigenvalue weighted by Gasteiger charge is 2.12. The third-order valence-corrected chi connectivity index (χ3v) is 3.13. The number of rotatable bonds is 4. The van der Waals surface area contributed by atoms with Gasteiger partial charge in [-0.25, -0.2) is 0 Å². The van der Waals surface area contributed by atoms with E-state index in [0.29, 0.717) is 0 Å². The van der Waals surface area contributed by atoms with Crippen molar-refractivity contribution in [2.45, 2.75) is 33.7 Å². The zero-order chi connectivity index (χ0) is 14.7. The molecule has 0 fully saturated rings. The number of carbonyl (C=O) groups excluding carboxylic acids is 1. The molecule has 1 heterocycles. The average molecular weight is 272 g/mol. The summed E-state index contributed by atoms with van der Waals surface area (Å²) >= 11 is 0. The number of anilines is 2. The van der Waals surface area contributed by atoms with Crippen LogP contribution in [0.3, 0.4) is 0 Å². The van der Waals surface area contributed by atoms with Crippen molar-refractivity contribution in [3.05, 3.63) is 47.4 Å². The molecular formula is C16H20N2O2. The molecule has 0 saturated carbocycles. The normalized spacial score (nSPS) is 12.0. The Hall–Kier alpha value is -2.23. The number of hydrogen-bond donors (Lipinski definition) is 2. The molecule has 0 aliphatic rings. The average Bonchev–Trinajstić information content (AvgIpc) is 2.70. The molecule has 0 aliphatic carbocycles. The van der Waals surface area contributed by atoms with Crippen LogP contribution in [0.4, 0.5) is 11.4 Å². The van der Waals surface area contributed by atoms with Gasteiger partial charge in [-0.2, -0.15) is 0 Å². The van der Waals surface area contributed by atoms with Gasteiger partial charge in [0.25, 0.3) is 0 Å². The number of furan rings is 1. The first-order chi connectivity index (χ1) is 9.45. The molecule has 20 heavy (non-hydrogen) atoms. The van der Waals surface area contributed by atoms with E-state index >= 15 is 0 Å². The highest BCUT2D eigenvalue weighted by molar-refractivity contribution is 5.88. The fourth-order valence-electron chi connectivity index (χ4n) is 2.26. The largest absolute Gasteiger partial charge is 0.466 e. The number of benzene rings is 1. The molecule has 2 aromatic rings. The summed E-state index contributed by atoms with van der Waals surface area (Å²) < 4.78 is 5.55. The van der Waals surface area contributed by atoms with Crippen LogP contribution < -0.4 is 10.6 Å². The summed E-state index contributed by atoms with van der Waals surface area (Å²) in [6, 6.07) is 9.87. The van der Waals surface area contributed by atoms with Crippen molar-refractivity contribution in [2.75, 3.05) is 10.6 Å². The Morgan fingerprint density at radius 2 is 1.75 bits per heavy atom. The molecule has 4 nitrogen and oxygen atoms in total. The molecule has 1 unspecified atom stereocenters. The van der Waals surface area contributed by atoms with Gasteiger partial charge in [-0.15, -0.1) is 0 Å². The van der Waals surface area contributed by atoms with Gasteiger partial charge in [0.1, 0.15) is 11.5 Å². The molecule has 1 aromatic carbocycles. The van der Waals surface area contributed by atoms with E-state index in [0.717, 1.165) is 28.5 Å². The topological polar surface area (TPSA) is 54.3 Å². The zero-order valence-electron chi connectivity index (χ0n) is 12.3. The van der Waals surface area contributed by atoms with E-state index in [1.807, 2.05) is 38.1 Å². The van der Waals surface area contributed by atoms with Gasteiger partial charge in [0.05, 0.1) is 6.04 Å². The van der Waals surface area contributed by atoms with Crippen LogP contribution in [-0.2, 0) is 4.79 Å². The van der Waals surface area contributed by atoms with E-state index in [-0.39, 0.29) is 11.9 Å². The van der Waals surface area contributed by atoms with Crippen LogP contribution in [-0.4, -0.2) is 5.91 Å². The fourth-order valence-corrected chi connectivity index (χ4v) is 2.26. The first-order valence-electron chi connectivity index (χ1n) is 6.67. The maximum absolute atomic E-state index is 11.0. The monoisotopic (exact) mass is 272 g/mol. The number of aryl methyl sites for hydroxylation is 2. The van der Waals surface area contributed by atoms with Crippen molar-refractivity contribution in [3.63, 3.8) is 0 Å². The molecule has 4 heteroatoms. The van der Waals surface area contributed by atoms with E-state index < -0.39 is 0 Å². The molecule has 0 saturated heterocycles. The Labute approximate surface area is 119 Å². The molecule has 0 spiro atoms. The maximum Gasteiger partial charge on any atom is 0.221 e. The summed E-state index contributed by atoms with van der Waals surface area (Å²) in [5, 5.41) is 6.17. The Bertz CT molecular complexity index is 599. The van der Waals surface area contributed by atoms with E-state index in [9.17, 15) is 4.79 Å². The molecule has 2 rings (SSSR count). The molecule has 0 bridgehead atoms. The van der Waals surface area contributed by atoms with E-state index in [2.05, 4.69) is 23.6 Å². The predicted molar refractivity (Wildman–Crippen MR) is 81.0 cm³/mol. The highest BCUT2D eigenvalue weighted by atomic mass is 16.3. The SMILES string of the molecule is CC(=O)Nc1ccc(NC(C)c2cc(C)oc2C)cc1. The molecule has 0 radical (unpaired) electrons. The smallest absolute Gasteiger partial charge is 0.221 e. The molecule has 1 amide bonds. The maximum atomic E-state index is 11.0. The Morgan fingerprint density at radius 3 is 2.25 bits per heavy atom. The first-order valence-corrected chi connectivity index (χ1v) is 6.67. The summed E-state index contributed by atoms with van der Waals surface area (Å²) in [6.07, 6.45) is 0. The Balaban J connectivity index is 2.06. The molecule has 0 aliphatic heterocycles. The second kappa shape index (κ2) is 5.82. The van der Waals surface area contributed by atoms with Crippen molar-refractivity contribution in [3.8, 4) is 0 Å². The summed E-state index contributed by atoms with van der Waals surface area (Å²) in [4.78, 5) is 11.0. The van der Waals surface area contributed by atoms with Crippen LogP contribution in [0.5, 0.6) is 0 Å². The van der Waals surface area contributed by atoms with Gasteiger partial charge in [0, 0.05) is 23.9 Å².